The molecule has 0 bridgehead atoms. The molecule has 0 atom stereocenters. The molecule has 0 aromatic heterocycles. The van der Waals surface area contributed by atoms with Crippen LogP contribution in [-0.2, 0) is 15.0 Å². The second-order valence-electron chi connectivity index (χ2n) is 3.74. The second-order valence-corrected chi connectivity index (χ2v) is 4.59. The summed E-state index contributed by atoms with van der Waals surface area (Å²) in [6.45, 7) is 3.70. The molecule has 0 saturated carbocycles. The van der Waals surface area contributed by atoms with Gasteiger partial charge in [0.2, 0.25) is 0 Å². The Morgan fingerprint density at radius 1 is 1.40 bits per heavy atom. The predicted octanol–water partition coefficient (Wildman–Crippen LogP) is 2.40. The Morgan fingerprint density at radius 2 is 2.00 bits per heavy atom. The fraction of sp³-hybridized carbons (Fsp3) is 0.364. The van der Waals surface area contributed by atoms with Crippen LogP contribution in [0.4, 0.5) is 0 Å². The van der Waals surface area contributed by atoms with E-state index in [1.54, 1.807) is 0 Å². The largest absolute Gasteiger partial charge is 0.277 e. The van der Waals surface area contributed by atoms with E-state index in [4.69, 9.17) is 0 Å². The summed E-state index contributed by atoms with van der Waals surface area (Å²) >= 11 is 3.43. The van der Waals surface area contributed by atoms with Gasteiger partial charge in [-0.1, -0.05) is 34.1 Å². The van der Waals surface area contributed by atoms with Crippen LogP contribution in [0, 0.1) is 0 Å². The average molecular weight is 272 g/mol. The highest BCUT2D eigenvalue weighted by molar-refractivity contribution is 9.10. The summed E-state index contributed by atoms with van der Waals surface area (Å²) in [5.74, 6) is -0.170. The van der Waals surface area contributed by atoms with Crippen molar-refractivity contribution in [3.63, 3.8) is 0 Å². The topological polar surface area (TPSA) is 38.3 Å². The number of benzene rings is 1. The molecule has 1 N–H and O–H groups in total. The van der Waals surface area contributed by atoms with E-state index < -0.39 is 5.41 Å². The van der Waals surface area contributed by atoms with Gasteiger partial charge in [0.05, 0.1) is 12.5 Å². The molecule has 0 fully saturated rings. The Hall–Kier alpha value is -0.870. The van der Waals surface area contributed by atoms with Gasteiger partial charge in [0.15, 0.2) is 0 Å². The molecule has 4 heteroatoms. The van der Waals surface area contributed by atoms with Crippen molar-refractivity contribution in [3.8, 4) is 0 Å². The molecular formula is C11H14BrNO2. The number of halogens is 1. The van der Waals surface area contributed by atoms with Gasteiger partial charge in [-0.15, -0.1) is 0 Å². The second kappa shape index (κ2) is 4.77. The molecule has 0 aliphatic heterocycles. The van der Waals surface area contributed by atoms with E-state index in [1.165, 1.54) is 7.11 Å². The highest BCUT2D eigenvalue weighted by Gasteiger charge is 2.31. The normalized spacial score (nSPS) is 11.2. The van der Waals surface area contributed by atoms with Crippen LogP contribution in [-0.4, -0.2) is 13.0 Å². The van der Waals surface area contributed by atoms with Gasteiger partial charge in [-0.3, -0.25) is 9.63 Å². The Bertz CT molecular complexity index is 363. The van der Waals surface area contributed by atoms with Gasteiger partial charge in [0.25, 0.3) is 5.91 Å². The highest BCUT2D eigenvalue weighted by atomic mass is 79.9. The first-order chi connectivity index (χ1) is 7.00. The fourth-order valence-electron chi connectivity index (χ4n) is 1.31. The smallest absolute Gasteiger partial charge is 0.253 e. The first-order valence-electron chi connectivity index (χ1n) is 4.58. The minimum atomic E-state index is -0.629. The van der Waals surface area contributed by atoms with Crippen LogP contribution < -0.4 is 5.48 Å². The van der Waals surface area contributed by atoms with E-state index in [0.717, 1.165) is 10.0 Å². The van der Waals surface area contributed by atoms with Crippen molar-refractivity contribution in [2.75, 3.05) is 7.11 Å². The summed E-state index contributed by atoms with van der Waals surface area (Å²) in [5.41, 5.74) is 2.65. The van der Waals surface area contributed by atoms with Crippen LogP contribution in [0.5, 0.6) is 0 Å². The molecule has 0 spiro atoms. The first-order valence-corrected chi connectivity index (χ1v) is 5.38. The van der Waals surface area contributed by atoms with E-state index in [0.29, 0.717) is 0 Å². The summed E-state index contributed by atoms with van der Waals surface area (Å²) < 4.78 is 0.918. The standard InChI is InChI=1S/C11H14BrNO2/c1-11(2,10(14)13-15-3)8-6-4-5-7-9(8)12/h4-7H,1-3H3,(H,13,14). The highest BCUT2D eigenvalue weighted by Crippen LogP contribution is 2.29. The molecule has 0 aliphatic rings. The Labute approximate surface area is 97.9 Å². The molecule has 0 radical (unpaired) electrons. The van der Waals surface area contributed by atoms with Gasteiger partial charge >= 0.3 is 0 Å². The van der Waals surface area contributed by atoms with Crippen molar-refractivity contribution in [2.24, 2.45) is 0 Å². The summed E-state index contributed by atoms with van der Waals surface area (Å²) in [6, 6.07) is 7.65. The molecule has 1 rings (SSSR count). The van der Waals surface area contributed by atoms with E-state index in [-0.39, 0.29) is 5.91 Å². The molecule has 1 aromatic rings. The lowest BCUT2D eigenvalue weighted by molar-refractivity contribution is -0.136. The molecule has 0 unspecified atom stereocenters. The monoisotopic (exact) mass is 271 g/mol. The maximum atomic E-state index is 11.8. The third kappa shape index (κ3) is 2.58. The van der Waals surface area contributed by atoms with Gasteiger partial charge in [0, 0.05) is 4.47 Å². The van der Waals surface area contributed by atoms with Crippen molar-refractivity contribution in [1.82, 2.24) is 5.48 Å². The summed E-state index contributed by atoms with van der Waals surface area (Å²) in [4.78, 5) is 16.4. The summed E-state index contributed by atoms with van der Waals surface area (Å²) in [7, 11) is 1.42. The fourth-order valence-corrected chi connectivity index (χ4v) is 2.09. The molecule has 1 amide bonds. The predicted molar refractivity (Wildman–Crippen MR) is 62.3 cm³/mol. The zero-order chi connectivity index (χ0) is 11.5. The Balaban J connectivity index is 3.05. The molecule has 1 aromatic carbocycles. The van der Waals surface area contributed by atoms with Crippen molar-refractivity contribution in [1.29, 1.82) is 0 Å². The number of hydrogen-bond acceptors (Lipinski definition) is 2. The maximum absolute atomic E-state index is 11.8. The van der Waals surface area contributed by atoms with Crippen LogP contribution in [0.25, 0.3) is 0 Å². The van der Waals surface area contributed by atoms with Crippen molar-refractivity contribution < 1.29 is 9.63 Å². The number of hydroxylamine groups is 1. The zero-order valence-corrected chi connectivity index (χ0v) is 10.6. The van der Waals surface area contributed by atoms with E-state index in [2.05, 4.69) is 26.2 Å². The number of carbonyl (C=O) groups is 1. The van der Waals surface area contributed by atoms with Gasteiger partial charge < -0.3 is 0 Å². The lowest BCUT2D eigenvalue weighted by Crippen LogP contribution is -2.39. The van der Waals surface area contributed by atoms with Crippen LogP contribution in [0.2, 0.25) is 0 Å². The molecule has 0 saturated heterocycles. The van der Waals surface area contributed by atoms with Crippen LogP contribution in [0.3, 0.4) is 0 Å². The number of hydrogen-bond donors (Lipinski definition) is 1. The zero-order valence-electron chi connectivity index (χ0n) is 9.00. The molecule has 15 heavy (non-hydrogen) atoms. The quantitative estimate of drug-likeness (QED) is 0.858. The molecule has 0 aliphatic carbocycles. The number of nitrogens with one attached hydrogen (secondary N) is 1. The van der Waals surface area contributed by atoms with Gasteiger partial charge in [0.1, 0.15) is 0 Å². The average Bonchev–Trinajstić information content (AvgIpc) is 2.18. The van der Waals surface area contributed by atoms with Crippen molar-refractivity contribution >= 4 is 21.8 Å². The lowest BCUT2D eigenvalue weighted by Gasteiger charge is -2.24. The van der Waals surface area contributed by atoms with Crippen molar-refractivity contribution in [3.05, 3.63) is 34.3 Å². The minimum absolute atomic E-state index is 0.170. The molecule has 0 heterocycles. The van der Waals surface area contributed by atoms with E-state index in [1.807, 2.05) is 38.1 Å². The maximum Gasteiger partial charge on any atom is 0.253 e. The lowest BCUT2D eigenvalue weighted by atomic mass is 9.84. The Morgan fingerprint density at radius 3 is 2.53 bits per heavy atom. The molecule has 3 nitrogen and oxygen atoms in total. The third-order valence-corrected chi connectivity index (χ3v) is 3.00. The van der Waals surface area contributed by atoms with Crippen LogP contribution >= 0.6 is 15.9 Å². The number of rotatable bonds is 3. The van der Waals surface area contributed by atoms with E-state index >= 15 is 0 Å². The molecular weight excluding hydrogens is 258 g/mol. The van der Waals surface area contributed by atoms with E-state index in [9.17, 15) is 4.79 Å². The van der Waals surface area contributed by atoms with Gasteiger partial charge in [-0.05, 0) is 25.5 Å². The number of amides is 1. The summed E-state index contributed by atoms with van der Waals surface area (Å²) in [6.07, 6.45) is 0. The minimum Gasteiger partial charge on any atom is -0.277 e. The number of carbonyl (C=O) groups excluding carboxylic acids is 1. The van der Waals surface area contributed by atoms with Gasteiger partial charge in [-0.25, -0.2) is 5.48 Å². The van der Waals surface area contributed by atoms with Crippen LogP contribution in [0.15, 0.2) is 28.7 Å². The Kier molecular flexibility index (Phi) is 3.88. The van der Waals surface area contributed by atoms with Crippen LogP contribution in [0.1, 0.15) is 19.4 Å². The van der Waals surface area contributed by atoms with Crippen molar-refractivity contribution in [2.45, 2.75) is 19.3 Å². The van der Waals surface area contributed by atoms with Gasteiger partial charge in [-0.2, -0.15) is 0 Å². The first kappa shape index (κ1) is 12.2. The third-order valence-electron chi connectivity index (χ3n) is 2.31. The SMILES string of the molecule is CONC(=O)C(C)(C)c1ccccc1Br. The molecule has 82 valence electrons. The summed E-state index contributed by atoms with van der Waals surface area (Å²) in [5, 5.41) is 0.